The summed E-state index contributed by atoms with van der Waals surface area (Å²) in [5.74, 6) is 1.08. The largest absolute Gasteiger partial charge is 0.545 e. The van der Waals surface area contributed by atoms with Gasteiger partial charge in [0.1, 0.15) is 6.10 Å². The van der Waals surface area contributed by atoms with Crippen LogP contribution in [0.15, 0.2) is 48.2 Å². The van der Waals surface area contributed by atoms with Gasteiger partial charge in [-0.15, -0.1) is 0 Å². The first-order valence-corrected chi connectivity index (χ1v) is 13.3. The van der Waals surface area contributed by atoms with Crippen LogP contribution in [0.5, 0.6) is 0 Å². The maximum absolute atomic E-state index is 7.08. The molecule has 0 aromatic heterocycles. The van der Waals surface area contributed by atoms with E-state index in [0.717, 1.165) is 5.76 Å². The Labute approximate surface area is 179 Å². The van der Waals surface area contributed by atoms with Crippen LogP contribution < -0.4 is 0 Å². The van der Waals surface area contributed by atoms with Gasteiger partial charge in [-0.2, -0.15) is 5.06 Å². The van der Waals surface area contributed by atoms with E-state index in [4.69, 9.17) is 9.26 Å². The zero-order chi connectivity index (χ0) is 21.8. The molecule has 1 aliphatic rings. The molecule has 1 aliphatic heterocycles. The minimum atomic E-state index is -2.01. The molecule has 0 saturated carbocycles. The van der Waals surface area contributed by atoms with Crippen molar-refractivity contribution < 1.29 is 9.26 Å². The molecule has 0 fully saturated rings. The van der Waals surface area contributed by atoms with Crippen LogP contribution >= 0.6 is 0 Å². The monoisotopic (exact) mass is 415 g/mol. The fourth-order valence-corrected chi connectivity index (χ4v) is 10.1. The van der Waals surface area contributed by atoms with Crippen LogP contribution in [0.25, 0.3) is 6.08 Å². The van der Waals surface area contributed by atoms with Gasteiger partial charge in [-0.3, -0.25) is 4.84 Å². The lowest BCUT2D eigenvalue weighted by molar-refractivity contribution is -0.220. The Morgan fingerprint density at radius 3 is 1.97 bits per heavy atom. The van der Waals surface area contributed by atoms with E-state index < -0.39 is 8.32 Å². The highest BCUT2D eigenvalue weighted by Gasteiger charge is 2.48. The van der Waals surface area contributed by atoms with Gasteiger partial charge in [0.15, 0.2) is 0 Å². The third kappa shape index (κ3) is 5.42. The normalized spacial score (nSPS) is 21.6. The standard InChI is InChI=1S/C25H41NO2Si/c1-18(2)26-22(9)25(28-29(19(3)4,20(5)6)21(7)8)17-24(27-26)16-15-23-13-11-10-12-14-23/h10-22,24H,1-9H3/b16-15+/t22-,24+/m1/s1. The van der Waals surface area contributed by atoms with Crippen LogP contribution in [-0.2, 0) is 9.26 Å². The molecule has 0 bridgehead atoms. The highest BCUT2D eigenvalue weighted by Crippen LogP contribution is 2.44. The van der Waals surface area contributed by atoms with Crippen molar-refractivity contribution in [3.8, 4) is 0 Å². The molecular weight excluding hydrogens is 374 g/mol. The third-order valence-electron chi connectivity index (χ3n) is 6.15. The molecule has 1 heterocycles. The van der Waals surface area contributed by atoms with Gasteiger partial charge in [0, 0.05) is 6.04 Å². The fraction of sp³-hybridized carbons (Fsp3) is 0.600. The van der Waals surface area contributed by atoms with Gasteiger partial charge < -0.3 is 4.43 Å². The van der Waals surface area contributed by atoms with Gasteiger partial charge in [-0.05, 0) is 55.1 Å². The van der Waals surface area contributed by atoms with E-state index in [0.29, 0.717) is 16.6 Å². The molecule has 0 amide bonds. The van der Waals surface area contributed by atoms with Gasteiger partial charge in [0.2, 0.25) is 0 Å². The Morgan fingerprint density at radius 1 is 0.931 bits per heavy atom. The molecule has 3 nitrogen and oxygen atoms in total. The molecule has 29 heavy (non-hydrogen) atoms. The van der Waals surface area contributed by atoms with Crippen molar-refractivity contribution >= 4 is 14.4 Å². The topological polar surface area (TPSA) is 21.7 Å². The van der Waals surface area contributed by atoms with Gasteiger partial charge in [-0.1, -0.05) is 78.0 Å². The van der Waals surface area contributed by atoms with Crippen LogP contribution in [0.2, 0.25) is 16.6 Å². The molecule has 0 aliphatic carbocycles. The quantitative estimate of drug-likeness (QED) is 0.419. The van der Waals surface area contributed by atoms with Crippen molar-refractivity contribution in [2.24, 2.45) is 0 Å². The minimum absolute atomic E-state index is 0.111. The van der Waals surface area contributed by atoms with Crippen LogP contribution in [-0.4, -0.2) is 31.6 Å². The molecule has 1 aromatic carbocycles. The van der Waals surface area contributed by atoms with Gasteiger partial charge >= 0.3 is 0 Å². The lowest BCUT2D eigenvalue weighted by atomic mass is 10.1. The molecule has 0 saturated heterocycles. The lowest BCUT2D eigenvalue weighted by Crippen LogP contribution is -2.52. The Hall–Kier alpha value is -1.36. The number of hydroxylamine groups is 2. The SMILES string of the molecule is CC(C)N1O[C@@H](/C=C/c2ccccc2)C=C(O[Si](C(C)C)(C(C)C)C(C)C)[C@H]1C. The fourth-order valence-electron chi connectivity index (χ4n) is 4.80. The maximum Gasteiger partial charge on any atom is 0.258 e. The zero-order valence-corrected chi connectivity index (χ0v) is 20.8. The molecule has 162 valence electrons. The number of hydrogen-bond donors (Lipinski definition) is 0. The van der Waals surface area contributed by atoms with Gasteiger partial charge in [-0.25, -0.2) is 0 Å². The van der Waals surface area contributed by atoms with E-state index in [2.05, 4.69) is 110 Å². The summed E-state index contributed by atoms with van der Waals surface area (Å²) in [7, 11) is -2.01. The molecule has 0 radical (unpaired) electrons. The Bertz CT molecular complexity index is 672. The van der Waals surface area contributed by atoms with Crippen LogP contribution in [0.4, 0.5) is 0 Å². The van der Waals surface area contributed by atoms with E-state index in [-0.39, 0.29) is 18.2 Å². The molecule has 0 spiro atoms. The molecule has 2 atom stereocenters. The van der Waals surface area contributed by atoms with Crippen molar-refractivity contribution in [1.29, 1.82) is 0 Å². The van der Waals surface area contributed by atoms with Crippen molar-refractivity contribution in [3.63, 3.8) is 0 Å². The average molecular weight is 416 g/mol. The Morgan fingerprint density at radius 2 is 1.48 bits per heavy atom. The molecular formula is C25H41NO2Si. The molecule has 0 N–H and O–H groups in total. The van der Waals surface area contributed by atoms with Crippen LogP contribution in [0.3, 0.4) is 0 Å². The summed E-state index contributed by atoms with van der Waals surface area (Å²) in [4.78, 5) is 6.31. The van der Waals surface area contributed by atoms with Crippen molar-refractivity contribution in [2.75, 3.05) is 0 Å². The highest BCUT2D eigenvalue weighted by atomic mass is 28.4. The molecule has 4 heteroatoms. The zero-order valence-electron chi connectivity index (χ0n) is 19.8. The highest BCUT2D eigenvalue weighted by molar-refractivity contribution is 6.77. The third-order valence-corrected chi connectivity index (χ3v) is 12.2. The predicted octanol–water partition coefficient (Wildman–Crippen LogP) is 7.19. The Balaban J connectivity index is 2.39. The summed E-state index contributed by atoms with van der Waals surface area (Å²) in [6, 6.07) is 10.8. The minimum Gasteiger partial charge on any atom is -0.545 e. The van der Waals surface area contributed by atoms with Crippen molar-refractivity contribution in [1.82, 2.24) is 5.06 Å². The number of nitrogens with zero attached hydrogens (tertiary/aromatic N) is 1. The van der Waals surface area contributed by atoms with E-state index in [1.165, 1.54) is 5.56 Å². The second kappa shape index (κ2) is 10.1. The van der Waals surface area contributed by atoms with E-state index >= 15 is 0 Å². The number of hydrogen-bond acceptors (Lipinski definition) is 3. The summed E-state index contributed by atoms with van der Waals surface area (Å²) in [5, 5.41) is 2.09. The first-order valence-electron chi connectivity index (χ1n) is 11.2. The predicted molar refractivity (Wildman–Crippen MR) is 127 cm³/mol. The Kier molecular flexibility index (Phi) is 8.33. The summed E-state index contributed by atoms with van der Waals surface area (Å²) in [6.45, 7) is 20.6. The first-order chi connectivity index (χ1) is 13.6. The maximum atomic E-state index is 7.08. The van der Waals surface area contributed by atoms with Crippen molar-refractivity contribution in [3.05, 3.63) is 53.8 Å². The van der Waals surface area contributed by atoms with E-state index in [9.17, 15) is 0 Å². The number of benzene rings is 1. The summed E-state index contributed by atoms with van der Waals surface area (Å²) < 4.78 is 7.08. The molecule has 0 unspecified atom stereocenters. The molecule has 1 aromatic rings. The van der Waals surface area contributed by atoms with E-state index in [1.807, 2.05) is 6.07 Å². The summed E-state index contributed by atoms with van der Waals surface area (Å²) in [5.41, 5.74) is 2.81. The van der Waals surface area contributed by atoms with Gasteiger partial charge in [0.05, 0.1) is 11.8 Å². The lowest BCUT2D eigenvalue weighted by Gasteiger charge is -2.47. The van der Waals surface area contributed by atoms with Crippen LogP contribution in [0.1, 0.15) is 67.9 Å². The molecule has 2 rings (SSSR count). The second-order valence-corrected chi connectivity index (χ2v) is 14.8. The second-order valence-electron chi connectivity index (χ2n) is 9.46. The van der Waals surface area contributed by atoms with Gasteiger partial charge in [0.25, 0.3) is 8.32 Å². The summed E-state index contributed by atoms with van der Waals surface area (Å²) in [6.07, 6.45) is 6.33. The average Bonchev–Trinajstić information content (AvgIpc) is 2.65. The summed E-state index contributed by atoms with van der Waals surface area (Å²) >= 11 is 0. The number of rotatable bonds is 8. The van der Waals surface area contributed by atoms with Crippen molar-refractivity contribution in [2.45, 2.75) is 97.1 Å². The first kappa shape index (κ1) is 23.9. The van der Waals surface area contributed by atoms with Crippen LogP contribution in [0, 0.1) is 0 Å². The van der Waals surface area contributed by atoms with E-state index in [1.54, 1.807) is 0 Å². The smallest absolute Gasteiger partial charge is 0.258 e.